The standard InChI is InChI=1S/C24H25FN2O3/c1-5-6-19-11-18(12-20(14-26)24(28)27-16(2)3)13-22(29-4)23(19)30-15-17-7-9-21(25)10-8-17/h5,7-13,16H,1,6,15H2,2-4H3,(H,27,28)/b20-12-. The number of rotatable bonds is 9. The van der Waals surface area contributed by atoms with Crippen LogP contribution < -0.4 is 14.8 Å². The van der Waals surface area contributed by atoms with E-state index in [4.69, 9.17) is 9.47 Å². The topological polar surface area (TPSA) is 71.4 Å². The molecule has 0 fully saturated rings. The van der Waals surface area contributed by atoms with Crippen LogP contribution in [0, 0.1) is 17.1 Å². The predicted molar refractivity (Wildman–Crippen MR) is 114 cm³/mol. The number of carbonyl (C=O) groups is 1. The van der Waals surface area contributed by atoms with Gasteiger partial charge in [0, 0.05) is 11.6 Å². The van der Waals surface area contributed by atoms with Crippen LogP contribution in [-0.2, 0) is 17.8 Å². The molecular weight excluding hydrogens is 383 g/mol. The van der Waals surface area contributed by atoms with Crippen LogP contribution in [0.15, 0.2) is 54.6 Å². The first-order chi connectivity index (χ1) is 14.4. The van der Waals surface area contributed by atoms with Gasteiger partial charge in [-0.1, -0.05) is 18.2 Å². The summed E-state index contributed by atoms with van der Waals surface area (Å²) in [5.41, 5.74) is 2.23. The Labute approximate surface area is 176 Å². The lowest BCUT2D eigenvalue weighted by Crippen LogP contribution is -2.30. The van der Waals surface area contributed by atoms with E-state index in [0.29, 0.717) is 23.5 Å². The summed E-state index contributed by atoms with van der Waals surface area (Å²) in [4.78, 5) is 12.2. The number of methoxy groups -OCH3 is 1. The second-order valence-electron chi connectivity index (χ2n) is 6.92. The summed E-state index contributed by atoms with van der Waals surface area (Å²) < 4.78 is 24.6. The summed E-state index contributed by atoms with van der Waals surface area (Å²) in [5, 5.41) is 12.1. The first kappa shape index (κ1) is 22.7. The van der Waals surface area contributed by atoms with Crippen LogP contribution in [0.3, 0.4) is 0 Å². The Hall–Kier alpha value is -3.59. The van der Waals surface area contributed by atoms with Crippen molar-refractivity contribution in [3.63, 3.8) is 0 Å². The lowest BCUT2D eigenvalue weighted by molar-refractivity contribution is -0.117. The first-order valence-electron chi connectivity index (χ1n) is 9.49. The van der Waals surface area contributed by atoms with E-state index >= 15 is 0 Å². The highest BCUT2D eigenvalue weighted by molar-refractivity contribution is 6.01. The quantitative estimate of drug-likeness (QED) is 0.375. The molecule has 0 radical (unpaired) electrons. The molecule has 0 bridgehead atoms. The number of hydrogen-bond donors (Lipinski definition) is 1. The molecule has 0 spiro atoms. The van der Waals surface area contributed by atoms with Crippen LogP contribution in [0.5, 0.6) is 11.5 Å². The molecule has 0 saturated carbocycles. The van der Waals surface area contributed by atoms with Gasteiger partial charge in [0.25, 0.3) is 5.91 Å². The Bertz CT molecular complexity index is 973. The van der Waals surface area contributed by atoms with Gasteiger partial charge < -0.3 is 14.8 Å². The second kappa shape index (κ2) is 10.8. The largest absolute Gasteiger partial charge is 0.493 e. The van der Waals surface area contributed by atoms with E-state index in [0.717, 1.165) is 11.1 Å². The summed E-state index contributed by atoms with van der Waals surface area (Å²) in [5.74, 6) is 0.247. The van der Waals surface area contributed by atoms with Crippen molar-refractivity contribution in [2.24, 2.45) is 0 Å². The van der Waals surface area contributed by atoms with E-state index in [9.17, 15) is 14.4 Å². The molecule has 0 aliphatic rings. The molecule has 1 N–H and O–H groups in total. The molecule has 0 aromatic heterocycles. The van der Waals surface area contributed by atoms with Gasteiger partial charge in [0.1, 0.15) is 24.1 Å². The Morgan fingerprint density at radius 3 is 2.57 bits per heavy atom. The summed E-state index contributed by atoms with van der Waals surface area (Å²) in [7, 11) is 1.52. The smallest absolute Gasteiger partial charge is 0.262 e. The van der Waals surface area contributed by atoms with Crippen LogP contribution in [0.2, 0.25) is 0 Å². The third-order valence-electron chi connectivity index (χ3n) is 4.13. The van der Waals surface area contributed by atoms with Crippen LogP contribution in [-0.4, -0.2) is 19.1 Å². The number of benzene rings is 2. The van der Waals surface area contributed by atoms with E-state index < -0.39 is 5.91 Å². The summed E-state index contributed by atoms with van der Waals surface area (Å²) in [6.07, 6.45) is 3.73. The molecule has 156 valence electrons. The SMILES string of the molecule is C=CCc1cc(/C=C(/C#N)C(=O)NC(C)C)cc(OC)c1OCc1ccc(F)cc1. The molecule has 5 nitrogen and oxygen atoms in total. The zero-order chi connectivity index (χ0) is 22.1. The fourth-order valence-corrected chi connectivity index (χ4v) is 2.78. The van der Waals surface area contributed by atoms with Gasteiger partial charge in [0.2, 0.25) is 0 Å². The summed E-state index contributed by atoms with van der Waals surface area (Å²) in [6, 6.07) is 11.4. The van der Waals surface area contributed by atoms with Gasteiger partial charge in [0.05, 0.1) is 7.11 Å². The number of ether oxygens (including phenoxy) is 2. The minimum atomic E-state index is -0.437. The van der Waals surface area contributed by atoms with E-state index in [1.807, 2.05) is 26.0 Å². The molecule has 6 heteroatoms. The van der Waals surface area contributed by atoms with Crippen LogP contribution in [0.25, 0.3) is 6.08 Å². The molecular formula is C24H25FN2O3. The molecule has 0 unspecified atom stereocenters. The minimum absolute atomic E-state index is 0.00436. The van der Waals surface area contributed by atoms with Gasteiger partial charge in [-0.25, -0.2) is 4.39 Å². The van der Waals surface area contributed by atoms with E-state index in [-0.39, 0.29) is 24.0 Å². The Morgan fingerprint density at radius 2 is 2.00 bits per heavy atom. The highest BCUT2D eigenvalue weighted by atomic mass is 19.1. The van der Waals surface area contributed by atoms with Crippen LogP contribution in [0.1, 0.15) is 30.5 Å². The van der Waals surface area contributed by atoms with Crippen molar-refractivity contribution in [2.45, 2.75) is 32.9 Å². The third-order valence-corrected chi connectivity index (χ3v) is 4.13. The van der Waals surface area contributed by atoms with Crippen molar-refractivity contribution in [2.75, 3.05) is 7.11 Å². The Morgan fingerprint density at radius 1 is 1.30 bits per heavy atom. The molecule has 0 atom stereocenters. The average Bonchev–Trinajstić information content (AvgIpc) is 2.71. The normalized spacial score (nSPS) is 11.0. The van der Waals surface area contributed by atoms with Crippen molar-refractivity contribution >= 4 is 12.0 Å². The number of halogens is 1. The van der Waals surface area contributed by atoms with Gasteiger partial charge in [0.15, 0.2) is 11.5 Å². The second-order valence-corrected chi connectivity index (χ2v) is 6.92. The van der Waals surface area contributed by atoms with Crippen molar-refractivity contribution in [3.05, 3.63) is 77.1 Å². The highest BCUT2D eigenvalue weighted by Gasteiger charge is 2.15. The monoisotopic (exact) mass is 408 g/mol. The molecule has 0 aliphatic heterocycles. The maximum Gasteiger partial charge on any atom is 0.262 e. The van der Waals surface area contributed by atoms with Gasteiger partial charge in [-0.15, -0.1) is 6.58 Å². The molecule has 0 saturated heterocycles. The van der Waals surface area contributed by atoms with Crippen LogP contribution >= 0.6 is 0 Å². The first-order valence-corrected chi connectivity index (χ1v) is 9.49. The number of nitrogens with zero attached hydrogens (tertiary/aromatic N) is 1. The molecule has 1 amide bonds. The molecule has 0 aliphatic carbocycles. The number of nitrogens with one attached hydrogen (secondary N) is 1. The zero-order valence-electron chi connectivity index (χ0n) is 17.4. The van der Waals surface area contributed by atoms with Crippen molar-refractivity contribution < 1.29 is 18.7 Å². The van der Waals surface area contributed by atoms with E-state index in [1.165, 1.54) is 25.3 Å². The number of carbonyl (C=O) groups excluding carboxylic acids is 1. The molecule has 30 heavy (non-hydrogen) atoms. The highest BCUT2D eigenvalue weighted by Crippen LogP contribution is 2.35. The van der Waals surface area contributed by atoms with E-state index in [2.05, 4.69) is 11.9 Å². The van der Waals surface area contributed by atoms with E-state index in [1.54, 1.807) is 24.3 Å². The maximum absolute atomic E-state index is 13.1. The fourth-order valence-electron chi connectivity index (χ4n) is 2.78. The lowest BCUT2D eigenvalue weighted by Gasteiger charge is -2.16. The number of hydrogen-bond acceptors (Lipinski definition) is 4. The van der Waals surface area contributed by atoms with Gasteiger partial charge in [-0.05, 0) is 61.7 Å². The summed E-state index contributed by atoms with van der Waals surface area (Å²) in [6.45, 7) is 7.66. The minimum Gasteiger partial charge on any atom is -0.493 e. The van der Waals surface area contributed by atoms with Crippen LogP contribution in [0.4, 0.5) is 4.39 Å². The lowest BCUT2D eigenvalue weighted by atomic mass is 10.0. The van der Waals surface area contributed by atoms with Gasteiger partial charge >= 0.3 is 0 Å². The number of amides is 1. The molecule has 0 heterocycles. The predicted octanol–water partition coefficient (Wildman–Crippen LogP) is 4.57. The number of allylic oxidation sites excluding steroid dienone is 1. The summed E-state index contributed by atoms with van der Waals surface area (Å²) >= 11 is 0. The zero-order valence-corrected chi connectivity index (χ0v) is 17.4. The number of nitriles is 1. The molecule has 2 aromatic carbocycles. The Kier molecular flexibility index (Phi) is 8.18. The maximum atomic E-state index is 13.1. The van der Waals surface area contributed by atoms with Crippen molar-refractivity contribution in [3.8, 4) is 17.6 Å². The third kappa shape index (κ3) is 6.21. The fraction of sp³-hybridized carbons (Fsp3) is 0.250. The Balaban J connectivity index is 2.38. The van der Waals surface area contributed by atoms with Gasteiger partial charge in [-0.3, -0.25) is 4.79 Å². The van der Waals surface area contributed by atoms with Crippen molar-refractivity contribution in [1.82, 2.24) is 5.32 Å². The molecule has 2 aromatic rings. The molecule has 2 rings (SSSR count). The van der Waals surface area contributed by atoms with Gasteiger partial charge in [-0.2, -0.15) is 5.26 Å². The average molecular weight is 408 g/mol. The van der Waals surface area contributed by atoms with Crippen molar-refractivity contribution in [1.29, 1.82) is 5.26 Å².